The summed E-state index contributed by atoms with van der Waals surface area (Å²) in [6.45, 7) is 2.94. The van der Waals surface area contributed by atoms with Gasteiger partial charge < -0.3 is 15.3 Å². The van der Waals surface area contributed by atoms with Gasteiger partial charge in [0, 0.05) is 19.8 Å². The number of pyridine rings is 1. The highest BCUT2D eigenvalue weighted by Gasteiger charge is 2.09. The van der Waals surface area contributed by atoms with Gasteiger partial charge in [-0.1, -0.05) is 6.07 Å². The van der Waals surface area contributed by atoms with Gasteiger partial charge in [-0.2, -0.15) is 0 Å². The number of carbonyl (C=O) groups excluding carboxylic acids is 1. The molecule has 0 bridgehead atoms. The Labute approximate surface area is 95.1 Å². The van der Waals surface area contributed by atoms with E-state index in [-0.39, 0.29) is 12.5 Å². The van der Waals surface area contributed by atoms with Crippen molar-refractivity contribution in [2.75, 3.05) is 25.0 Å². The van der Waals surface area contributed by atoms with Crippen LogP contribution in [0.15, 0.2) is 18.3 Å². The summed E-state index contributed by atoms with van der Waals surface area (Å²) >= 11 is 0. The Morgan fingerprint density at radius 2 is 2.31 bits per heavy atom. The van der Waals surface area contributed by atoms with E-state index in [4.69, 9.17) is 5.11 Å². The Morgan fingerprint density at radius 3 is 2.75 bits per heavy atom. The first-order chi connectivity index (χ1) is 7.71. The highest BCUT2D eigenvalue weighted by atomic mass is 16.3. The monoisotopic (exact) mass is 223 g/mol. The minimum atomic E-state index is -0.0464. The molecule has 0 radical (unpaired) electrons. The van der Waals surface area contributed by atoms with Gasteiger partial charge in [-0.15, -0.1) is 0 Å². The van der Waals surface area contributed by atoms with E-state index in [1.807, 2.05) is 11.8 Å². The van der Waals surface area contributed by atoms with Crippen molar-refractivity contribution < 1.29 is 9.90 Å². The van der Waals surface area contributed by atoms with Gasteiger partial charge in [0.25, 0.3) is 0 Å². The van der Waals surface area contributed by atoms with Gasteiger partial charge in [0.2, 0.25) is 5.91 Å². The van der Waals surface area contributed by atoms with Crippen LogP contribution in [0.4, 0.5) is 5.82 Å². The maximum absolute atomic E-state index is 11.3. The second-order valence-electron chi connectivity index (χ2n) is 3.37. The third kappa shape index (κ3) is 3.20. The van der Waals surface area contributed by atoms with E-state index in [1.165, 1.54) is 0 Å². The van der Waals surface area contributed by atoms with Crippen LogP contribution in [0.25, 0.3) is 0 Å². The van der Waals surface area contributed by atoms with E-state index in [0.29, 0.717) is 13.1 Å². The van der Waals surface area contributed by atoms with Crippen LogP contribution in [0.5, 0.6) is 0 Å². The molecule has 0 aliphatic rings. The molecule has 0 saturated heterocycles. The van der Waals surface area contributed by atoms with Gasteiger partial charge >= 0.3 is 0 Å². The highest BCUT2D eigenvalue weighted by molar-refractivity contribution is 5.80. The molecule has 0 atom stereocenters. The van der Waals surface area contributed by atoms with Crippen molar-refractivity contribution in [3.05, 3.63) is 23.9 Å². The summed E-state index contributed by atoms with van der Waals surface area (Å²) in [5.41, 5.74) is 0.764. The first-order valence-electron chi connectivity index (χ1n) is 5.22. The molecule has 1 aromatic rings. The summed E-state index contributed by atoms with van der Waals surface area (Å²) in [6.07, 6.45) is 1.61. The Morgan fingerprint density at radius 1 is 1.56 bits per heavy atom. The number of nitrogens with one attached hydrogen (secondary N) is 1. The average Bonchev–Trinajstić information content (AvgIpc) is 2.35. The molecular formula is C11H17N3O2. The van der Waals surface area contributed by atoms with Crippen LogP contribution in [0.3, 0.4) is 0 Å². The molecule has 0 aliphatic carbocycles. The molecule has 0 fully saturated rings. The molecule has 1 aromatic heterocycles. The number of rotatable bonds is 5. The molecule has 0 unspecified atom stereocenters. The Balaban J connectivity index is 2.74. The van der Waals surface area contributed by atoms with Crippen LogP contribution in [-0.2, 0) is 11.4 Å². The largest absolute Gasteiger partial charge is 0.392 e. The van der Waals surface area contributed by atoms with Crippen LogP contribution < -0.4 is 10.2 Å². The summed E-state index contributed by atoms with van der Waals surface area (Å²) in [4.78, 5) is 17.3. The van der Waals surface area contributed by atoms with Gasteiger partial charge in [-0.25, -0.2) is 4.98 Å². The van der Waals surface area contributed by atoms with E-state index < -0.39 is 0 Å². The van der Waals surface area contributed by atoms with Crippen molar-refractivity contribution in [2.24, 2.45) is 0 Å². The van der Waals surface area contributed by atoms with Crippen LogP contribution in [-0.4, -0.2) is 36.1 Å². The topological polar surface area (TPSA) is 65.5 Å². The minimum absolute atomic E-state index is 0.0190. The van der Waals surface area contributed by atoms with Gasteiger partial charge in [0.1, 0.15) is 5.82 Å². The van der Waals surface area contributed by atoms with Crippen molar-refractivity contribution in [2.45, 2.75) is 13.5 Å². The standard InChI is InChI=1S/C11H17N3O2/c1-3-14(7-11(16)12-2)10-5-4-9(8-15)6-13-10/h4-6,15H,3,7-8H2,1-2H3,(H,12,16). The fourth-order valence-electron chi connectivity index (χ4n) is 1.30. The first kappa shape index (κ1) is 12.4. The summed E-state index contributed by atoms with van der Waals surface area (Å²) in [7, 11) is 1.61. The van der Waals surface area contributed by atoms with Crippen LogP contribution in [0, 0.1) is 0 Å². The zero-order valence-electron chi connectivity index (χ0n) is 9.60. The summed E-state index contributed by atoms with van der Waals surface area (Å²) in [5, 5.41) is 11.5. The Bertz CT molecular complexity index is 338. The van der Waals surface area contributed by atoms with Gasteiger partial charge in [-0.05, 0) is 18.6 Å². The predicted molar refractivity (Wildman–Crippen MR) is 62.1 cm³/mol. The molecule has 5 nitrogen and oxygen atoms in total. The fraction of sp³-hybridized carbons (Fsp3) is 0.455. The van der Waals surface area contributed by atoms with Gasteiger partial charge in [0.05, 0.1) is 13.2 Å². The highest BCUT2D eigenvalue weighted by Crippen LogP contribution is 2.10. The molecule has 16 heavy (non-hydrogen) atoms. The van der Waals surface area contributed by atoms with Crippen molar-refractivity contribution in [1.82, 2.24) is 10.3 Å². The summed E-state index contributed by atoms with van der Waals surface area (Å²) in [6, 6.07) is 3.60. The number of carbonyl (C=O) groups is 1. The van der Waals surface area contributed by atoms with E-state index in [0.717, 1.165) is 11.4 Å². The maximum atomic E-state index is 11.3. The maximum Gasteiger partial charge on any atom is 0.239 e. The number of aliphatic hydroxyl groups is 1. The van der Waals surface area contributed by atoms with E-state index in [9.17, 15) is 4.79 Å². The number of nitrogens with zero attached hydrogens (tertiary/aromatic N) is 2. The average molecular weight is 223 g/mol. The zero-order chi connectivity index (χ0) is 12.0. The number of anilines is 1. The lowest BCUT2D eigenvalue weighted by molar-refractivity contribution is -0.119. The second kappa shape index (κ2) is 6.07. The molecule has 5 heteroatoms. The number of amides is 1. The molecule has 88 valence electrons. The Hall–Kier alpha value is -1.62. The molecule has 1 heterocycles. The SMILES string of the molecule is CCN(CC(=O)NC)c1ccc(CO)cn1. The number of aliphatic hydroxyl groups excluding tert-OH is 1. The lowest BCUT2D eigenvalue weighted by Gasteiger charge is -2.20. The third-order valence-electron chi connectivity index (χ3n) is 2.31. The fourth-order valence-corrected chi connectivity index (χ4v) is 1.30. The molecule has 0 aromatic carbocycles. The van der Waals surface area contributed by atoms with E-state index in [1.54, 1.807) is 25.4 Å². The minimum Gasteiger partial charge on any atom is -0.392 e. The Kier molecular flexibility index (Phi) is 4.72. The zero-order valence-corrected chi connectivity index (χ0v) is 9.60. The number of hydrogen-bond acceptors (Lipinski definition) is 4. The van der Waals surface area contributed by atoms with Crippen molar-refractivity contribution in [3.8, 4) is 0 Å². The van der Waals surface area contributed by atoms with Gasteiger partial charge in [-0.3, -0.25) is 4.79 Å². The molecule has 0 aliphatic heterocycles. The molecule has 1 amide bonds. The predicted octanol–water partition coefficient (Wildman–Crippen LogP) is 0.146. The number of hydrogen-bond donors (Lipinski definition) is 2. The lowest BCUT2D eigenvalue weighted by Crippen LogP contribution is -2.35. The summed E-state index contributed by atoms with van der Waals surface area (Å²) in [5.74, 6) is 0.693. The normalized spacial score (nSPS) is 9.94. The first-order valence-corrected chi connectivity index (χ1v) is 5.22. The third-order valence-corrected chi connectivity index (χ3v) is 2.31. The van der Waals surface area contributed by atoms with Crippen molar-refractivity contribution in [3.63, 3.8) is 0 Å². The smallest absolute Gasteiger partial charge is 0.239 e. The summed E-state index contributed by atoms with van der Waals surface area (Å²) < 4.78 is 0. The lowest BCUT2D eigenvalue weighted by atomic mass is 10.3. The molecular weight excluding hydrogens is 206 g/mol. The molecule has 0 saturated carbocycles. The van der Waals surface area contributed by atoms with Crippen molar-refractivity contribution in [1.29, 1.82) is 0 Å². The van der Waals surface area contributed by atoms with Crippen molar-refractivity contribution >= 4 is 11.7 Å². The quantitative estimate of drug-likeness (QED) is 0.745. The molecule has 2 N–H and O–H groups in total. The van der Waals surface area contributed by atoms with Crippen LogP contribution in [0.2, 0.25) is 0 Å². The van der Waals surface area contributed by atoms with E-state index >= 15 is 0 Å². The molecule has 1 rings (SSSR count). The number of likely N-dealkylation sites (N-methyl/N-ethyl adjacent to an activating group) is 2. The van der Waals surface area contributed by atoms with Crippen LogP contribution in [0.1, 0.15) is 12.5 Å². The van der Waals surface area contributed by atoms with Crippen LogP contribution >= 0.6 is 0 Å². The number of aromatic nitrogens is 1. The molecule has 0 spiro atoms. The van der Waals surface area contributed by atoms with Gasteiger partial charge in [0.15, 0.2) is 0 Å². The second-order valence-corrected chi connectivity index (χ2v) is 3.37. The van der Waals surface area contributed by atoms with E-state index in [2.05, 4.69) is 10.3 Å².